The van der Waals surface area contributed by atoms with E-state index in [1.165, 1.54) is 0 Å². The zero-order valence-corrected chi connectivity index (χ0v) is 8.98. The number of hydrogen-bond acceptors (Lipinski definition) is 3. The molecule has 1 fully saturated rings. The van der Waals surface area contributed by atoms with Gasteiger partial charge in [0.1, 0.15) is 12.4 Å². The molecule has 0 aromatic heterocycles. The molecule has 3 rings (SSSR count). The number of rotatable bonds is 0. The highest BCUT2D eigenvalue weighted by Gasteiger charge is 2.32. The summed E-state index contributed by atoms with van der Waals surface area (Å²) in [4.78, 5) is 13.7. The predicted molar refractivity (Wildman–Crippen MR) is 59.3 cm³/mol. The molecule has 1 aromatic rings. The van der Waals surface area contributed by atoms with Crippen molar-refractivity contribution in [2.24, 2.45) is 0 Å². The molecule has 1 saturated heterocycles. The van der Waals surface area contributed by atoms with Crippen molar-refractivity contribution in [3.8, 4) is 5.75 Å². The summed E-state index contributed by atoms with van der Waals surface area (Å²) in [5, 5.41) is 3.16. The summed E-state index contributed by atoms with van der Waals surface area (Å²) in [7, 11) is 0. The van der Waals surface area contributed by atoms with Crippen LogP contribution in [0.4, 0.5) is 0 Å². The zero-order valence-electron chi connectivity index (χ0n) is 8.98. The Balaban J connectivity index is 2.03. The first kappa shape index (κ1) is 9.66. The number of carbonyl (C=O) groups excluding carboxylic acids is 1. The van der Waals surface area contributed by atoms with Crippen LogP contribution in [0.2, 0.25) is 0 Å². The summed E-state index contributed by atoms with van der Waals surface area (Å²) in [6, 6.07) is 8.09. The van der Waals surface area contributed by atoms with Crippen molar-refractivity contribution in [3.05, 3.63) is 29.8 Å². The minimum absolute atomic E-state index is 0.125. The zero-order chi connectivity index (χ0) is 11.0. The molecule has 2 heterocycles. The minimum atomic E-state index is 0.125. The molecule has 1 atom stereocenters. The molecule has 2 aliphatic rings. The van der Waals surface area contributed by atoms with Crippen LogP contribution in [-0.4, -0.2) is 37.0 Å². The quantitative estimate of drug-likeness (QED) is 0.691. The Hall–Kier alpha value is -1.55. The Kier molecular flexibility index (Phi) is 2.29. The third-order valence-electron chi connectivity index (χ3n) is 3.18. The smallest absolute Gasteiger partial charge is 0.237 e. The molecule has 4 nitrogen and oxygen atoms in total. The van der Waals surface area contributed by atoms with Gasteiger partial charge in [-0.25, -0.2) is 0 Å². The van der Waals surface area contributed by atoms with Gasteiger partial charge >= 0.3 is 0 Å². The molecule has 1 amide bonds. The predicted octanol–water partition coefficient (Wildman–Crippen LogP) is 0.552. The van der Waals surface area contributed by atoms with Gasteiger partial charge in [-0.05, 0) is 6.07 Å². The number of ether oxygens (including phenoxy) is 1. The fraction of sp³-hybridized carbons (Fsp3) is 0.417. The van der Waals surface area contributed by atoms with Gasteiger partial charge in [0.05, 0.1) is 19.1 Å². The first-order valence-electron chi connectivity index (χ1n) is 5.58. The normalized spacial score (nSPS) is 24.1. The van der Waals surface area contributed by atoms with Crippen molar-refractivity contribution in [1.82, 2.24) is 10.2 Å². The van der Waals surface area contributed by atoms with Crippen molar-refractivity contribution in [3.63, 3.8) is 0 Å². The summed E-state index contributed by atoms with van der Waals surface area (Å²) in [6.45, 7) is 2.52. The van der Waals surface area contributed by atoms with E-state index in [0.717, 1.165) is 17.9 Å². The minimum Gasteiger partial charge on any atom is -0.491 e. The molecule has 0 radical (unpaired) electrons. The van der Waals surface area contributed by atoms with E-state index in [1.807, 2.05) is 29.2 Å². The number of piperazine rings is 1. The Morgan fingerprint density at radius 1 is 1.38 bits per heavy atom. The van der Waals surface area contributed by atoms with Gasteiger partial charge in [0.15, 0.2) is 0 Å². The number of benzene rings is 1. The molecule has 1 N–H and O–H groups in total. The lowest BCUT2D eigenvalue weighted by atomic mass is 10.0. The number of nitrogens with one attached hydrogen (secondary N) is 1. The number of hydrogen-bond donors (Lipinski definition) is 1. The van der Waals surface area contributed by atoms with Crippen LogP contribution < -0.4 is 10.1 Å². The molecule has 1 unspecified atom stereocenters. The standard InChI is InChI=1S/C12H14N2O2/c15-12-8-13-7-10-9-3-1-2-4-11(9)16-6-5-14(10)12/h1-4,10,13H,5-8H2. The van der Waals surface area contributed by atoms with E-state index < -0.39 is 0 Å². The van der Waals surface area contributed by atoms with Crippen molar-refractivity contribution in [2.75, 3.05) is 26.2 Å². The summed E-state index contributed by atoms with van der Waals surface area (Å²) in [5.74, 6) is 1.07. The van der Waals surface area contributed by atoms with Crippen molar-refractivity contribution < 1.29 is 9.53 Å². The van der Waals surface area contributed by atoms with Crippen LogP contribution in [0.15, 0.2) is 24.3 Å². The van der Waals surface area contributed by atoms with Gasteiger partial charge in [-0.3, -0.25) is 4.79 Å². The molecule has 16 heavy (non-hydrogen) atoms. The Morgan fingerprint density at radius 2 is 2.25 bits per heavy atom. The first-order chi connectivity index (χ1) is 7.86. The average molecular weight is 218 g/mol. The lowest BCUT2D eigenvalue weighted by Gasteiger charge is -2.34. The molecule has 0 bridgehead atoms. The summed E-state index contributed by atoms with van der Waals surface area (Å²) < 4.78 is 5.67. The van der Waals surface area contributed by atoms with Crippen molar-refractivity contribution in [2.45, 2.75) is 6.04 Å². The van der Waals surface area contributed by atoms with Gasteiger partial charge in [-0.15, -0.1) is 0 Å². The second kappa shape index (κ2) is 3.79. The monoisotopic (exact) mass is 218 g/mol. The van der Waals surface area contributed by atoms with Gasteiger partial charge in [0, 0.05) is 12.1 Å². The summed E-state index contributed by atoms with van der Waals surface area (Å²) in [5.41, 5.74) is 1.11. The lowest BCUT2D eigenvalue weighted by Crippen LogP contribution is -2.50. The van der Waals surface area contributed by atoms with E-state index in [-0.39, 0.29) is 11.9 Å². The highest BCUT2D eigenvalue weighted by atomic mass is 16.5. The molecule has 1 aromatic carbocycles. The number of para-hydroxylation sites is 1. The maximum atomic E-state index is 11.8. The van der Waals surface area contributed by atoms with Crippen LogP contribution in [0.25, 0.3) is 0 Å². The van der Waals surface area contributed by atoms with Crippen molar-refractivity contribution in [1.29, 1.82) is 0 Å². The van der Waals surface area contributed by atoms with Gasteiger partial charge in [-0.2, -0.15) is 0 Å². The SMILES string of the molecule is O=C1CNCC2c3ccccc3OCCN12. The van der Waals surface area contributed by atoms with Gasteiger partial charge in [-0.1, -0.05) is 18.2 Å². The van der Waals surface area contributed by atoms with E-state index >= 15 is 0 Å². The molecule has 0 saturated carbocycles. The second-order valence-electron chi connectivity index (χ2n) is 4.12. The average Bonchev–Trinajstić information content (AvgIpc) is 2.50. The summed E-state index contributed by atoms with van der Waals surface area (Å²) in [6.07, 6.45) is 0. The van der Waals surface area contributed by atoms with Crippen LogP contribution in [0.3, 0.4) is 0 Å². The molecule has 2 aliphatic heterocycles. The van der Waals surface area contributed by atoms with Crippen LogP contribution in [0, 0.1) is 0 Å². The molecule has 0 spiro atoms. The van der Waals surface area contributed by atoms with E-state index in [9.17, 15) is 4.79 Å². The summed E-state index contributed by atoms with van der Waals surface area (Å²) >= 11 is 0. The number of nitrogens with zero attached hydrogens (tertiary/aromatic N) is 1. The highest BCUT2D eigenvalue weighted by Crippen LogP contribution is 2.32. The van der Waals surface area contributed by atoms with Gasteiger partial charge in [0.25, 0.3) is 0 Å². The molecule has 4 heteroatoms. The fourth-order valence-corrected chi connectivity index (χ4v) is 2.40. The highest BCUT2D eigenvalue weighted by molar-refractivity contribution is 5.80. The van der Waals surface area contributed by atoms with Crippen LogP contribution in [-0.2, 0) is 4.79 Å². The third kappa shape index (κ3) is 1.46. The number of carbonyl (C=O) groups is 1. The van der Waals surface area contributed by atoms with Crippen molar-refractivity contribution >= 4 is 5.91 Å². The van der Waals surface area contributed by atoms with Gasteiger partial charge in [0.2, 0.25) is 5.91 Å². The third-order valence-corrected chi connectivity index (χ3v) is 3.18. The molecule has 84 valence electrons. The maximum absolute atomic E-state index is 11.8. The van der Waals surface area contributed by atoms with Crippen LogP contribution in [0.5, 0.6) is 5.75 Å². The molecule has 0 aliphatic carbocycles. The Labute approximate surface area is 94.2 Å². The van der Waals surface area contributed by atoms with E-state index in [2.05, 4.69) is 5.32 Å². The van der Waals surface area contributed by atoms with Crippen LogP contribution in [0.1, 0.15) is 11.6 Å². The molecular formula is C12H14N2O2. The Bertz CT molecular complexity index is 419. The van der Waals surface area contributed by atoms with Crippen LogP contribution >= 0.6 is 0 Å². The lowest BCUT2D eigenvalue weighted by molar-refractivity contribution is -0.135. The topological polar surface area (TPSA) is 41.6 Å². The Morgan fingerprint density at radius 3 is 3.19 bits per heavy atom. The van der Waals surface area contributed by atoms with Gasteiger partial charge < -0.3 is 15.0 Å². The number of fused-ring (bicyclic) bond motifs is 3. The fourth-order valence-electron chi connectivity index (χ4n) is 2.40. The van der Waals surface area contributed by atoms with E-state index in [0.29, 0.717) is 19.7 Å². The largest absolute Gasteiger partial charge is 0.491 e. The second-order valence-corrected chi connectivity index (χ2v) is 4.12. The van der Waals surface area contributed by atoms with E-state index in [1.54, 1.807) is 0 Å². The molecular weight excluding hydrogens is 204 g/mol. The van der Waals surface area contributed by atoms with E-state index in [4.69, 9.17) is 4.74 Å². The maximum Gasteiger partial charge on any atom is 0.237 e. The number of amides is 1. The first-order valence-corrected chi connectivity index (χ1v) is 5.58.